The van der Waals surface area contributed by atoms with Crippen molar-refractivity contribution >= 4 is 23.5 Å². The molecule has 1 heterocycles. The third-order valence-corrected chi connectivity index (χ3v) is 4.12. The van der Waals surface area contributed by atoms with Crippen LogP contribution in [0.3, 0.4) is 0 Å². The fourth-order valence-corrected chi connectivity index (χ4v) is 2.52. The molecular weight excluding hydrogens is 276 g/mol. The summed E-state index contributed by atoms with van der Waals surface area (Å²) in [5, 5.41) is 6.64. The molecule has 20 heavy (non-hydrogen) atoms. The van der Waals surface area contributed by atoms with Crippen LogP contribution in [0.5, 0.6) is 0 Å². The lowest BCUT2D eigenvalue weighted by atomic mass is 9.75. The third kappa shape index (κ3) is 3.49. The van der Waals surface area contributed by atoms with Crippen molar-refractivity contribution in [1.29, 1.82) is 0 Å². The van der Waals surface area contributed by atoms with Gasteiger partial charge in [-0.2, -0.15) is 15.0 Å². The molecule has 0 atom stereocenters. The van der Waals surface area contributed by atoms with E-state index in [9.17, 15) is 0 Å². The monoisotopic (exact) mass is 298 g/mol. The summed E-state index contributed by atoms with van der Waals surface area (Å²) in [6, 6.07) is 0. The van der Waals surface area contributed by atoms with E-state index >= 15 is 0 Å². The molecular formula is C13H23ClN6. The highest BCUT2D eigenvalue weighted by atomic mass is 35.5. The van der Waals surface area contributed by atoms with Crippen LogP contribution in [0.4, 0.5) is 11.9 Å². The quantitative estimate of drug-likeness (QED) is 0.805. The Kier molecular flexibility index (Phi) is 4.99. The number of aromatic nitrogens is 3. The fourth-order valence-electron chi connectivity index (χ4n) is 2.36. The van der Waals surface area contributed by atoms with Gasteiger partial charge in [-0.15, -0.1) is 0 Å². The molecule has 7 heteroatoms. The number of halogens is 1. The smallest absolute Gasteiger partial charge is 0.228 e. The van der Waals surface area contributed by atoms with Gasteiger partial charge >= 0.3 is 0 Å². The number of likely N-dealkylation sites (N-methyl/N-ethyl adjacent to an activating group) is 1. The number of rotatable bonds is 7. The van der Waals surface area contributed by atoms with E-state index in [0.717, 1.165) is 19.5 Å². The summed E-state index contributed by atoms with van der Waals surface area (Å²) < 4.78 is 0. The minimum atomic E-state index is 0.216. The van der Waals surface area contributed by atoms with Crippen molar-refractivity contribution in [3.63, 3.8) is 0 Å². The molecule has 1 aromatic rings. The second-order valence-corrected chi connectivity index (χ2v) is 5.84. The summed E-state index contributed by atoms with van der Waals surface area (Å²) in [5.41, 5.74) is 0.218. The number of nitrogens with zero attached hydrogens (tertiary/aromatic N) is 4. The van der Waals surface area contributed by atoms with Gasteiger partial charge in [0.1, 0.15) is 0 Å². The molecule has 0 unspecified atom stereocenters. The van der Waals surface area contributed by atoms with Crippen LogP contribution < -0.4 is 10.6 Å². The van der Waals surface area contributed by atoms with Crippen molar-refractivity contribution in [2.75, 3.05) is 37.8 Å². The van der Waals surface area contributed by atoms with E-state index in [1.54, 1.807) is 0 Å². The van der Waals surface area contributed by atoms with Gasteiger partial charge in [0.05, 0.1) is 0 Å². The summed E-state index contributed by atoms with van der Waals surface area (Å²) in [4.78, 5) is 14.8. The van der Waals surface area contributed by atoms with E-state index in [4.69, 9.17) is 11.6 Å². The molecule has 0 saturated heterocycles. The Labute approximate surface area is 125 Å². The number of hydrogen-bond acceptors (Lipinski definition) is 6. The second kappa shape index (κ2) is 6.54. The van der Waals surface area contributed by atoms with Gasteiger partial charge < -0.3 is 15.5 Å². The molecule has 0 aliphatic heterocycles. The normalized spacial score (nSPS) is 16.9. The first-order valence-corrected chi connectivity index (χ1v) is 7.50. The predicted molar refractivity (Wildman–Crippen MR) is 82.4 cm³/mol. The topological polar surface area (TPSA) is 66.0 Å². The van der Waals surface area contributed by atoms with Crippen molar-refractivity contribution in [2.24, 2.45) is 0 Å². The lowest BCUT2D eigenvalue weighted by molar-refractivity contribution is 0.0737. The minimum Gasteiger partial charge on any atom is -0.354 e. The van der Waals surface area contributed by atoms with E-state index in [2.05, 4.69) is 51.5 Å². The third-order valence-electron chi connectivity index (χ3n) is 3.95. The molecule has 1 aromatic heterocycles. The van der Waals surface area contributed by atoms with Gasteiger partial charge in [-0.1, -0.05) is 6.92 Å². The maximum Gasteiger partial charge on any atom is 0.228 e. The molecule has 1 fully saturated rings. The molecule has 1 aliphatic rings. The molecule has 6 nitrogen and oxygen atoms in total. The van der Waals surface area contributed by atoms with Crippen molar-refractivity contribution in [1.82, 2.24) is 19.9 Å². The van der Waals surface area contributed by atoms with Crippen molar-refractivity contribution < 1.29 is 0 Å². The van der Waals surface area contributed by atoms with Gasteiger partial charge in [0.15, 0.2) is 0 Å². The van der Waals surface area contributed by atoms with Crippen LogP contribution in [0, 0.1) is 0 Å². The predicted octanol–water partition coefficient (Wildman–Crippen LogP) is 2.24. The van der Waals surface area contributed by atoms with E-state index < -0.39 is 0 Å². The maximum absolute atomic E-state index is 5.94. The van der Waals surface area contributed by atoms with Gasteiger partial charge in [0.2, 0.25) is 17.2 Å². The summed E-state index contributed by atoms with van der Waals surface area (Å²) in [6.45, 7) is 3.74. The van der Waals surface area contributed by atoms with Crippen LogP contribution in [-0.2, 0) is 0 Å². The van der Waals surface area contributed by atoms with E-state index in [1.165, 1.54) is 19.3 Å². The lowest BCUT2D eigenvalue weighted by Crippen LogP contribution is -2.54. The number of hydrogen-bond donors (Lipinski definition) is 2. The van der Waals surface area contributed by atoms with Crippen molar-refractivity contribution in [3.8, 4) is 0 Å². The molecule has 1 saturated carbocycles. The highest BCUT2D eigenvalue weighted by molar-refractivity contribution is 6.28. The van der Waals surface area contributed by atoms with Gasteiger partial charge in [-0.05, 0) is 51.4 Å². The molecule has 0 bridgehead atoms. The number of nitrogens with one attached hydrogen (secondary N) is 2. The Morgan fingerprint density at radius 1 is 1.15 bits per heavy atom. The Morgan fingerprint density at radius 3 is 2.30 bits per heavy atom. The van der Waals surface area contributed by atoms with Crippen LogP contribution in [0.25, 0.3) is 0 Å². The minimum absolute atomic E-state index is 0.216. The van der Waals surface area contributed by atoms with Gasteiger partial charge in [-0.25, -0.2) is 0 Å². The van der Waals surface area contributed by atoms with Gasteiger partial charge in [0.25, 0.3) is 0 Å². The highest BCUT2D eigenvalue weighted by Gasteiger charge is 2.38. The van der Waals surface area contributed by atoms with Crippen molar-refractivity contribution in [3.05, 3.63) is 5.28 Å². The zero-order valence-electron chi connectivity index (χ0n) is 12.4. The highest BCUT2D eigenvalue weighted by Crippen LogP contribution is 2.36. The summed E-state index contributed by atoms with van der Waals surface area (Å²) in [7, 11) is 4.24. The maximum atomic E-state index is 5.94. The molecule has 112 valence electrons. The van der Waals surface area contributed by atoms with E-state index in [0.29, 0.717) is 11.9 Å². The molecule has 1 aliphatic carbocycles. The first kappa shape index (κ1) is 15.3. The molecule has 0 radical (unpaired) electrons. The molecule has 0 aromatic carbocycles. The Hall–Kier alpha value is -1.14. The zero-order chi connectivity index (χ0) is 14.6. The first-order valence-electron chi connectivity index (χ1n) is 7.12. The average molecular weight is 299 g/mol. The summed E-state index contributed by atoms with van der Waals surface area (Å²) in [5.74, 6) is 1.07. The van der Waals surface area contributed by atoms with Crippen LogP contribution in [0.1, 0.15) is 32.6 Å². The Morgan fingerprint density at radius 2 is 1.80 bits per heavy atom. The van der Waals surface area contributed by atoms with Crippen LogP contribution in [-0.4, -0.2) is 52.6 Å². The zero-order valence-corrected chi connectivity index (χ0v) is 13.2. The standard InChI is InChI=1S/C13H23ClN6/c1-4-8-15-11-17-10(14)18-12(19-11)16-9-13(20(2)3)6-5-7-13/h4-9H2,1-3H3,(H2,15,16,17,18,19). The van der Waals surface area contributed by atoms with E-state index in [1.807, 2.05) is 0 Å². The fraction of sp³-hybridized carbons (Fsp3) is 0.769. The van der Waals surface area contributed by atoms with Gasteiger partial charge in [-0.3, -0.25) is 0 Å². The van der Waals surface area contributed by atoms with E-state index in [-0.39, 0.29) is 10.8 Å². The second-order valence-electron chi connectivity index (χ2n) is 5.50. The van der Waals surface area contributed by atoms with Crippen molar-refractivity contribution in [2.45, 2.75) is 38.1 Å². The summed E-state index contributed by atoms with van der Waals surface area (Å²) in [6.07, 6.45) is 4.69. The first-order chi connectivity index (χ1) is 9.55. The Bertz CT molecular complexity index is 446. The molecule has 0 spiro atoms. The molecule has 0 amide bonds. The molecule has 2 N–H and O–H groups in total. The SMILES string of the molecule is CCCNc1nc(Cl)nc(NCC2(N(C)C)CCC2)n1. The van der Waals surface area contributed by atoms with Crippen LogP contribution in [0.2, 0.25) is 5.28 Å². The average Bonchev–Trinajstić information content (AvgIpc) is 2.34. The Balaban J connectivity index is 2.00. The summed E-state index contributed by atoms with van der Waals surface area (Å²) >= 11 is 5.94. The number of anilines is 2. The lowest BCUT2D eigenvalue weighted by Gasteiger charge is -2.47. The van der Waals surface area contributed by atoms with Crippen LogP contribution >= 0.6 is 11.6 Å². The van der Waals surface area contributed by atoms with Crippen LogP contribution in [0.15, 0.2) is 0 Å². The molecule has 2 rings (SSSR count). The largest absolute Gasteiger partial charge is 0.354 e. The van der Waals surface area contributed by atoms with Gasteiger partial charge in [0, 0.05) is 18.6 Å².